The summed E-state index contributed by atoms with van der Waals surface area (Å²) in [6, 6.07) is -0.786. The van der Waals surface area contributed by atoms with E-state index in [-0.39, 0.29) is 17.6 Å². The van der Waals surface area contributed by atoms with E-state index in [0.717, 1.165) is 19.3 Å². The number of methoxy groups -OCH3 is 1. The Balaban J connectivity index is 2.81. The monoisotopic (exact) mass is 413 g/mol. The van der Waals surface area contributed by atoms with Gasteiger partial charge in [-0.3, -0.25) is 9.69 Å². The van der Waals surface area contributed by atoms with Gasteiger partial charge < -0.3 is 14.8 Å². The fourth-order valence-corrected chi connectivity index (χ4v) is 3.39. The highest BCUT2D eigenvalue weighted by atomic mass is 32.1. The molecule has 0 radical (unpaired) electrons. The molecule has 8 heteroatoms. The van der Waals surface area contributed by atoms with Crippen LogP contribution >= 0.6 is 11.3 Å². The number of carbonyl (C=O) groups is 2. The van der Waals surface area contributed by atoms with Crippen LogP contribution in [0.2, 0.25) is 0 Å². The number of aromatic nitrogens is 1. The summed E-state index contributed by atoms with van der Waals surface area (Å²) < 4.78 is 10.7. The zero-order valence-corrected chi connectivity index (χ0v) is 19.2. The van der Waals surface area contributed by atoms with E-state index in [9.17, 15) is 9.59 Å². The van der Waals surface area contributed by atoms with Crippen LogP contribution in [0.3, 0.4) is 0 Å². The topological polar surface area (TPSA) is 80.8 Å². The molecule has 2 unspecified atom stereocenters. The van der Waals surface area contributed by atoms with Gasteiger partial charge in [0.25, 0.3) is 5.91 Å². The number of rotatable bonds is 9. The first-order chi connectivity index (χ1) is 12.9. The van der Waals surface area contributed by atoms with E-state index in [0.29, 0.717) is 5.13 Å². The number of hydrogen-bond donors (Lipinski definition) is 1. The average Bonchev–Trinajstić information content (AvgIpc) is 3.06. The Morgan fingerprint density at radius 2 is 1.89 bits per heavy atom. The molecular weight excluding hydrogens is 378 g/mol. The predicted molar refractivity (Wildman–Crippen MR) is 113 cm³/mol. The van der Waals surface area contributed by atoms with Crippen molar-refractivity contribution in [3.8, 4) is 0 Å². The minimum atomic E-state index is -0.725. The summed E-state index contributed by atoms with van der Waals surface area (Å²) in [5.74, 6) is -0.209. The van der Waals surface area contributed by atoms with Gasteiger partial charge in [0.2, 0.25) is 0 Å². The number of carbonyl (C=O) groups excluding carboxylic acids is 2. The van der Waals surface area contributed by atoms with Crippen LogP contribution in [0, 0.1) is 0 Å². The van der Waals surface area contributed by atoms with Crippen molar-refractivity contribution in [1.82, 2.24) is 10.3 Å². The molecule has 28 heavy (non-hydrogen) atoms. The Labute approximate surface area is 172 Å². The fraction of sp³-hybridized carbons (Fsp3) is 0.750. The summed E-state index contributed by atoms with van der Waals surface area (Å²) in [6.07, 6.45) is 3.66. The molecule has 2 amide bonds. The lowest BCUT2D eigenvalue weighted by atomic mass is 9.99. The van der Waals surface area contributed by atoms with E-state index < -0.39 is 17.7 Å². The molecule has 0 aliphatic heterocycles. The Kier molecular flexibility index (Phi) is 8.88. The third-order valence-electron chi connectivity index (χ3n) is 4.36. The van der Waals surface area contributed by atoms with Gasteiger partial charge in [0.15, 0.2) is 5.13 Å². The number of hydrogen-bond acceptors (Lipinski definition) is 6. The number of anilines is 1. The van der Waals surface area contributed by atoms with E-state index in [1.165, 1.54) is 11.3 Å². The van der Waals surface area contributed by atoms with Crippen molar-refractivity contribution < 1.29 is 19.1 Å². The molecule has 7 nitrogen and oxygen atoms in total. The van der Waals surface area contributed by atoms with Gasteiger partial charge >= 0.3 is 6.09 Å². The minimum absolute atomic E-state index is 0.0609. The number of nitrogens with one attached hydrogen (secondary N) is 1. The van der Waals surface area contributed by atoms with Gasteiger partial charge in [-0.05, 0) is 67.7 Å². The highest BCUT2D eigenvalue weighted by Crippen LogP contribution is 2.25. The molecule has 0 aliphatic carbocycles. The Morgan fingerprint density at radius 1 is 1.25 bits per heavy atom. The van der Waals surface area contributed by atoms with Gasteiger partial charge in [0.1, 0.15) is 11.6 Å². The van der Waals surface area contributed by atoms with Crippen molar-refractivity contribution in [3.05, 3.63) is 11.6 Å². The Morgan fingerprint density at radius 3 is 2.39 bits per heavy atom. The zero-order chi connectivity index (χ0) is 21.5. The van der Waals surface area contributed by atoms with Crippen LogP contribution < -0.4 is 10.2 Å². The van der Waals surface area contributed by atoms with E-state index in [4.69, 9.17) is 9.47 Å². The lowest BCUT2D eigenvalue weighted by Crippen LogP contribution is -2.51. The molecule has 0 spiro atoms. The van der Waals surface area contributed by atoms with Gasteiger partial charge in [-0.1, -0.05) is 0 Å². The van der Waals surface area contributed by atoms with Crippen molar-refractivity contribution in [2.45, 2.75) is 91.0 Å². The summed E-state index contributed by atoms with van der Waals surface area (Å²) in [7, 11) is 1.71. The molecule has 0 aromatic carbocycles. The maximum Gasteiger partial charge on any atom is 0.408 e. The van der Waals surface area contributed by atoms with E-state index in [1.54, 1.807) is 45.9 Å². The molecule has 160 valence electrons. The van der Waals surface area contributed by atoms with Crippen molar-refractivity contribution in [2.24, 2.45) is 0 Å². The molecule has 0 bridgehead atoms. The van der Waals surface area contributed by atoms with Gasteiger partial charge in [0.05, 0.1) is 5.60 Å². The van der Waals surface area contributed by atoms with E-state index >= 15 is 0 Å². The van der Waals surface area contributed by atoms with Crippen molar-refractivity contribution >= 4 is 28.5 Å². The van der Waals surface area contributed by atoms with Crippen molar-refractivity contribution in [1.29, 1.82) is 0 Å². The molecule has 0 saturated heterocycles. The van der Waals surface area contributed by atoms with Crippen LogP contribution in [0.1, 0.15) is 67.7 Å². The summed E-state index contributed by atoms with van der Waals surface area (Å²) in [4.78, 5) is 31.1. The van der Waals surface area contributed by atoms with Gasteiger partial charge in [-0.25, -0.2) is 9.78 Å². The van der Waals surface area contributed by atoms with Crippen LogP contribution in [-0.4, -0.2) is 47.4 Å². The summed E-state index contributed by atoms with van der Waals surface area (Å²) in [5, 5.41) is 5.09. The molecular formula is C20H35N3O4S. The Bertz CT molecular complexity index is 626. The minimum Gasteiger partial charge on any atom is -0.444 e. The SMILES string of the molecule is COC(C)(C)CCCC(C)N(C(=O)C(C)NC(=O)OC(C)(C)C)c1nccs1. The molecule has 1 aromatic heterocycles. The van der Waals surface area contributed by atoms with Gasteiger partial charge in [-0.2, -0.15) is 0 Å². The number of alkyl carbamates (subject to hydrolysis) is 1. The van der Waals surface area contributed by atoms with E-state index in [2.05, 4.69) is 10.3 Å². The number of ether oxygens (including phenoxy) is 2. The van der Waals surface area contributed by atoms with Gasteiger partial charge in [0, 0.05) is 24.7 Å². The van der Waals surface area contributed by atoms with Crippen LogP contribution in [0.25, 0.3) is 0 Å². The summed E-state index contributed by atoms with van der Waals surface area (Å²) in [6.45, 7) is 13.1. The van der Waals surface area contributed by atoms with Crippen LogP contribution in [0.15, 0.2) is 11.6 Å². The second-order valence-electron chi connectivity index (χ2n) is 8.60. The second kappa shape index (κ2) is 10.2. The molecule has 0 fully saturated rings. The third-order valence-corrected chi connectivity index (χ3v) is 5.13. The quantitative estimate of drug-likeness (QED) is 0.650. The molecule has 2 atom stereocenters. The molecule has 1 heterocycles. The third kappa shape index (κ3) is 8.14. The van der Waals surface area contributed by atoms with Crippen molar-refractivity contribution in [2.75, 3.05) is 12.0 Å². The highest BCUT2D eigenvalue weighted by molar-refractivity contribution is 7.13. The first kappa shape index (κ1) is 24.4. The van der Waals surface area contributed by atoms with Gasteiger partial charge in [-0.15, -0.1) is 11.3 Å². The first-order valence-electron chi connectivity index (χ1n) is 9.63. The lowest BCUT2D eigenvalue weighted by molar-refractivity contribution is -0.120. The Hall–Kier alpha value is -1.67. The number of nitrogens with zero attached hydrogens (tertiary/aromatic N) is 2. The number of thiazole rings is 1. The first-order valence-corrected chi connectivity index (χ1v) is 10.5. The number of amides is 2. The van der Waals surface area contributed by atoms with Crippen LogP contribution in [0.4, 0.5) is 9.93 Å². The molecule has 1 rings (SSSR count). The largest absolute Gasteiger partial charge is 0.444 e. The summed E-state index contributed by atoms with van der Waals surface area (Å²) in [5.41, 5.74) is -0.815. The fourth-order valence-electron chi connectivity index (χ4n) is 2.64. The average molecular weight is 414 g/mol. The molecule has 1 aromatic rings. The summed E-state index contributed by atoms with van der Waals surface area (Å²) >= 11 is 1.40. The highest BCUT2D eigenvalue weighted by Gasteiger charge is 2.30. The smallest absolute Gasteiger partial charge is 0.408 e. The van der Waals surface area contributed by atoms with Crippen LogP contribution in [0.5, 0.6) is 0 Å². The second-order valence-corrected chi connectivity index (χ2v) is 9.47. The zero-order valence-electron chi connectivity index (χ0n) is 18.4. The van der Waals surface area contributed by atoms with Crippen molar-refractivity contribution in [3.63, 3.8) is 0 Å². The maximum absolute atomic E-state index is 13.1. The maximum atomic E-state index is 13.1. The lowest BCUT2D eigenvalue weighted by Gasteiger charge is -2.31. The molecule has 1 N–H and O–H groups in total. The van der Waals surface area contributed by atoms with E-state index in [1.807, 2.05) is 26.2 Å². The normalized spacial score (nSPS) is 14.3. The standard InChI is InChI=1S/C20H35N3O4S/c1-14(10-9-11-20(6,7)26-8)23(17-21-12-13-28-17)16(24)15(2)22-18(25)27-19(3,4)5/h12-15H,9-11H2,1-8H3,(H,22,25). The molecule has 0 aliphatic rings. The predicted octanol–water partition coefficient (Wildman–Crippen LogP) is 4.37. The molecule has 0 saturated carbocycles. The van der Waals surface area contributed by atoms with Crippen LogP contribution in [-0.2, 0) is 14.3 Å².